The van der Waals surface area contributed by atoms with Gasteiger partial charge in [0.25, 0.3) is 0 Å². The molecule has 0 amide bonds. The largest absolute Gasteiger partial charge is 0.457 e. The molecule has 0 heterocycles. The Morgan fingerprint density at radius 2 is 1.45 bits per heavy atom. The number of aryl methyl sites for hydroxylation is 3. The Balaban J connectivity index is 1.61. The van der Waals surface area contributed by atoms with Gasteiger partial charge < -0.3 is 4.74 Å². The van der Waals surface area contributed by atoms with Crippen LogP contribution < -0.4 is 4.74 Å². The van der Waals surface area contributed by atoms with E-state index < -0.39 is 0 Å². The Morgan fingerprint density at radius 1 is 0.724 bits per heavy atom. The van der Waals surface area contributed by atoms with E-state index in [1.165, 1.54) is 35.1 Å². The highest BCUT2D eigenvalue weighted by molar-refractivity contribution is 5.36. The molecule has 0 unspecified atom stereocenters. The van der Waals surface area contributed by atoms with Crippen LogP contribution in [-0.4, -0.2) is 0 Å². The molecule has 0 bridgehead atoms. The molecular weight excluding hydrogens is 352 g/mol. The van der Waals surface area contributed by atoms with E-state index in [9.17, 15) is 0 Å². The first kappa shape index (κ1) is 21.2. The highest BCUT2D eigenvalue weighted by atomic mass is 16.5. The zero-order valence-electron chi connectivity index (χ0n) is 18.4. The number of hydrogen-bond donors (Lipinski definition) is 0. The summed E-state index contributed by atoms with van der Waals surface area (Å²) in [7, 11) is 0. The zero-order valence-corrected chi connectivity index (χ0v) is 18.4. The van der Waals surface area contributed by atoms with Crippen LogP contribution in [-0.2, 0) is 24.7 Å². The molecule has 0 aliphatic rings. The van der Waals surface area contributed by atoms with E-state index in [0.29, 0.717) is 0 Å². The van der Waals surface area contributed by atoms with Crippen LogP contribution in [0.5, 0.6) is 11.5 Å². The van der Waals surface area contributed by atoms with Crippen molar-refractivity contribution in [3.05, 3.63) is 95.1 Å². The van der Waals surface area contributed by atoms with E-state index in [0.717, 1.165) is 30.8 Å². The van der Waals surface area contributed by atoms with Crippen molar-refractivity contribution in [3.63, 3.8) is 0 Å². The van der Waals surface area contributed by atoms with Crippen molar-refractivity contribution in [2.75, 3.05) is 0 Å². The second kappa shape index (κ2) is 9.78. The first-order valence-electron chi connectivity index (χ1n) is 11.0. The smallest absolute Gasteiger partial charge is 0.127 e. The summed E-state index contributed by atoms with van der Waals surface area (Å²) in [5, 5.41) is 0. The van der Waals surface area contributed by atoms with Gasteiger partial charge in [0.2, 0.25) is 0 Å². The fraction of sp³-hybridized carbons (Fsp3) is 0.357. The van der Waals surface area contributed by atoms with Crippen LogP contribution in [0.15, 0.2) is 72.8 Å². The normalized spacial score (nSPS) is 11.4. The topological polar surface area (TPSA) is 9.23 Å². The molecule has 3 aromatic carbocycles. The van der Waals surface area contributed by atoms with E-state index in [1.54, 1.807) is 0 Å². The summed E-state index contributed by atoms with van der Waals surface area (Å²) in [5.41, 5.74) is 5.98. The average molecular weight is 387 g/mol. The highest BCUT2D eigenvalue weighted by Gasteiger charge is 2.21. The molecule has 0 N–H and O–H groups in total. The number of para-hydroxylation sites is 1. The minimum absolute atomic E-state index is 0.189. The van der Waals surface area contributed by atoms with Crippen molar-refractivity contribution in [1.29, 1.82) is 0 Å². The first-order valence-corrected chi connectivity index (χ1v) is 11.0. The third-order valence-electron chi connectivity index (χ3n) is 5.89. The van der Waals surface area contributed by atoms with Crippen LogP contribution in [0.2, 0.25) is 0 Å². The molecule has 0 aliphatic carbocycles. The molecule has 0 aromatic heterocycles. The molecule has 3 aromatic rings. The highest BCUT2D eigenvalue weighted by Crippen LogP contribution is 2.31. The number of rotatable bonds is 9. The number of ether oxygens (including phenoxy) is 1. The minimum Gasteiger partial charge on any atom is -0.457 e. The van der Waals surface area contributed by atoms with Crippen molar-refractivity contribution in [3.8, 4) is 11.5 Å². The minimum atomic E-state index is 0.189. The van der Waals surface area contributed by atoms with E-state index >= 15 is 0 Å². The number of hydrogen-bond acceptors (Lipinski definition) is 1. The zero-order chi connectivity index (χ0) is 20.7. The lowest BCUT2D eigenvalue weighted by Gasteiger charge is -2.26. The molecule has 0 saturated carbocycles. The molecule has 0 aliphatic heterocycles. The molecule has 0 fully saturated rings. The van der Waals surface area contributed by atoms with Gasteiger partial charge in [0.15, 0.2) is 0 Å². The van der Waals surface area contributed by atoms with Gasteiger partial charge in [0, 0.05) is 0 Å². The second-order valence-corrected chi connectivity index (χ2v) is 8.49. The Kier molecular flexibility index (Phi) is 7.14. The molecule has 1 nitrogen and oxygen atoms in total. The quantitative estimate of drug-likeness (QED) is 0.363. The summed E-state index contributed by atoms with van der Waals surface area (Å²) in [5.74, 6) is 1.80. The maximum Gasteiger partial charge on any atom is 0.127 e. The molecule has 0 saturated heterocycles. The lowest BCUT2D eigenvalue weighted by atomic mass is 9.78. The SMILES string of the molecule is CCc1ccc(C(C)(C)CCCc2cccc(Oc3ccccc3)c2)cc1CC. The van der Waals surface area contributed by atoms with E-state index in [-0.39, 0.29) is 5.41 Å². The van der Waals surface area contributed by atoms with Crippen LogP contribution in [0, 0.1) is 0 Å². The van der Waals surface area contributed by atoms with E-state index in [4.69, 9.17) is 4.74 Å². The van der Waals surface area contributed by atoms with Crippen molar-refractivity contribution >= 4 is 0 Å². The summed E-state index contributed by atoms with van der Waals surface area (Å²) >= 11 is 0. The summed E-state index contributed by atoms with van der Waals surface area (Å²) in [6.07, 6.45) is 5.64. The maximum absolute atomic E-state index is 5.98. The maximum atomic E-state index is 5.98. The van der Waals surface area contributed by atoms with Crippen molar-refractivity contribution < 1.29 is 4.74 Å². The molecule has 29 heavy (non-hydrogen) atoms. The molecule has 0 radical (unpaired) electrons. The van der Waals surface area contributed by atoms with Crippen LogP contribution in [0.25, 0.3) is 0 Å². The van der Waals surface area contributed by atoms with Crippen molar-refractivity contribution in [2.45, 2.75) is 65.2 Å². The molecule has 0 spiro atoms. The van der Waals surface area contributed by atoms with Crippen LogP contribution in [0.1, 0.15) is 62.8 Å². The standard InChI is InChI=1S/C28H34O/c1-5-23-17-18-25(21-24(23)6-2)28(3,4)19-11-13-22-12-10-16-27(20-22)29-26-14-8-7-9-15-26/h7-10,12,14-18,20-21H,5-6,11,13,19H2,1-4H3. The predicted molar refractivity (Wildman–Crippen MR) is 124 cm³/mol. The van der Waals surface area contributed by atoms with Gasteiger partial charge in [0.1, 0.15) is 11.5 Å². The fourth-order valence-corrected chi connectivity index (χ4v) is 3.99. The Hall–Kier alpha value is -2.54. The summed E-state index contributed by atoms with van der Waals surface area (Å²) in [6, 6.07) is 25.6. The summed E-state index contributed by atoms with van der Waals surface area (Å²) in [4.78, 5) is 0. The first-order chi connectivity index (χ1) is 14.0. The van der Waals surface area contributed by atoms with Gasteiger partial charge in [-0.15, -0.1) is 0 Å². The fourth-order valence-electron chi connectivity index (χ4n) is 3.99. The van der Waals surface area contributed by atoms with Crippen LogP contribution >= 0.6 is 0 Å². The van der Waals surface area contributed by atoms with Gasteiger partial charge >= 0.3 is 0 Å². The van der Waals surface area contributed by atoms with Gasteiger partial charge in [-0.2, -0.15) is 0 Å². The Bertz CT molecular complexity index is 909. The Morgan fingerprint density at radius 3 is 2.17 bits per heavy atom. The van der Waals surface area contributed by atoms with Gasteiger partial charge in [-0.1, -0.05) is 76.2 Å². The Labute approximate surface area is 176 Å². The third kappa shape index (κ3) is 5.73. The molecule has 1 heteroatoms. The third-order valence-corrected chi connectivity index (χ3v) is 5.89. The van der Waals surface area contributed by atoms with Gasteiger partial charge in [-0.05, 0) is 84.0 Å². The van der Waals surface area contributed by atoms with Gasteiger partial charge in [-0.25, -0.2) is 0 Å². The summed E-state index contributed by atoms with van der Waals surface area (Å²) in [6.45, 7) is 9.26. The van der Waals surface area contributed by atoms with Crippen LogP contribution in [0.4, 0.5) is 0 Å². The lowest BCUT2D eigenvalue weighted by molar-refractivity contribution is 0.459. The average Bonchev–Trinajstić information content (AvgIpc) is 2.74. The predicted octanol–water partition coefficient (Wildman–Crippen LogP) is 7.90. The summed E-state index contributed by atoms with van der Waals surface area (Å²) < 4.78 is 5.98. The van der Waals surface area contributed by atoms with Crippen molar-refractivity contribution in [2.24, 2.45) is 0 Å². The van der Waals surface area contributed by atoms with Gasteiger partial charge in [0.05, 0.1) is 0 Å². The molecule has 152 valence electrons. The van der Waals surface area contributed by atoms with E-state index in [2.05, 4.69) is 64.1 Å². The molecule has 0 atom stereocenters. The molecular formula is C28H34O. The molecule has 3 rings (SSSR count). The second-order valence-electron chi connectivity index (χ2n) is 8.49. The van der Waals surface area contributed by atoms with E-state index in [1.807, 2.05) is 36.4 Å². The van der Waals surface area contributed by atoms with Crippen molar-refractivity contribution in [1.82, 2.24) is 0 Å². The van der Waals surface area contributed by atoms with Gasteiger partial charge in [-0.3, -0.25) is 0 Å². The number of benzene rings is 3. The van der Waals surface area contributed by atoms with Crippen LogP contribution in [0.3, 0.4) is 0 Å². The lowest BCUT2D eigenvalue weighted by Crippen LogP contribution is -2.18. The monoisotopic (exact) mass is 386 g/mol.